The highest BCUT2D eigenvalue weighted by molar-refractivity contribution is 6.31. The molecule has 2 aromatic carbocycles. The molecule has 1 aliphatic rings. The monoisotopic (exact) mass is 387 g/mol. The third-order valence-electron chi connectivity index (χ3n) is 4.85. The highest BCUT2D eigenvalue weighted by Crippen LogP contribution is 2.26. The number of piperidine rings is 1. The van der Waals surface area contributed by atoms with E-state index < -0.39 is 0 Å². The largest absolute Gasteiger partial charge is 0.397 e. The van der Waals surface area contributed by atoms with Crippen molar-refractivity contribution in [2.75, 3.05) is 19.7 Å². The predicted octanol–water partition coefficient (Wildman–Crippen LogP) is 3.82. The van der Waals surface area contributed by atoms with Crippen molar-refractivity contribution in [2.24, 2.45) is 0 Å². The summed E-state index contributed by atoms with van der Waals surface area (Å²) in [6, 6.07) is 16.4. The standard InChI is InChI=1S/C19H20ClN3O.C2H6O/c20-15-6-7-18-17(12-15)21-19(24)23(18)16-8-10-22(11-9-16)13-14-4-2-1-3-5-14;1-2-3/h1-7,12,16H,8-11,13H2,(H,21,24);3H,2H2,1H3. The molecule has 5 nitrogen and oxygen atoms in total. The Labute approximate surface area is 164 Å². The van der Waals surface area contributed by atoms with E-state index in [4.69, 9.17) is 16.7 Å². The van der Waals surface area contributed by atoms with E-state index in [1.807, 2.05) is 28.8 Å². The highest BCUT2D eigenvalue weighted by atomic mass is 35.5. The zero-order valence-corrected chi connectivity index (χ0v) is 16.3. The summed E-state index contributed by atoms with van der Waals surface area (Å²) < 4.78 is 1.91. The number of H-pyrrole nitrogens is 1. The second-order valence-electron chi connectivity index (χ2n) is 6.77. The number of fused-ring (bicyclic) bond motifs is 1. The number of aromatic amines is 1. The second-order valence-corrected chi connectivity index (χ2v) is 7.21. The minimum atomic E-state index is -0.0335. The first kappa shape index (κ1) is 19.7. The first-order valence-electron chi connectivity index (χ1n) is 9.39. The number of aromatic nitrogens is 2. The molecule has 4 rings (SSSR count). The number of rotatable bonds is 3. The van der Waals surface area contributed by atoms with E-state index in [9.17, 15) is 4.79 Å². The molecule has 1 aliphatic heterocycles. The van der Waals surface area contributed by atoms with Gasteiger partial charge >= 0.3 is 5.69 Å². The lowest BCUT2D eigenvalue weighted by molar-refractivity contribution is 0.180. The summed E-state index contributed by atoms with van der Waals surface area (Å²) in [6.45, 7) is 4.92. The van der Waals surface area contributed by atoms with Gasteiger partial charge in [0.2, 0.25) is 0 Å². The predicted molar refractivity (Wildman–Crippen MR) is 110 cm³/mol. The van der Waals surface area contributed by atoms with Crippen molar-refractivity contribution >= 4 is 22.6 Å². The van der Waals surface area contributed by atoms with Gasteiger partial charge < -0.3 is 10.1 Å². The fraction of sp³-hybridized carbons (Fsp3) is 0.381. The Kier molecular flexibility index (Phi) is 6.72. The summed E-state index contributed by atoms with van der Waals surface area (Å²) in [5.41, 5.74) is 3.08. The van der Waals surface area contributed by atoms with Crippen LogP contribution >= 0.6 is 11.6 Å². The molecule has 0 atom stereocenters. The Morgan fingerprint density at radius 1 is 1.15 bits per heavy atom. The minimum Gasteiger partial charge on any atom is -0.397 e. The van der Waals surface area contributed by atoms with Crippen LogP contribution in [0.5, 0.6) is 0 Å². The second kappa shape index (κ2) is 9.22. The number of hydrogen-bond donors (Lipinski definition) is 2. The smallest absolute Gasteiger partial charge is 0.326 e. The van der Waals surface area contributed by atoms with E-state index in [0.717, 1.165) is 43.5 Å². The number of hydrogen-bond acceptors (Lipinski definition) is 3. The Morgan fingerprint density at radius 2 is 1.81 bits per heavy atom. The third kappa shape index (κ3) is 4.80. The normalized spacial score (nSPS) is 15.5. The fourth-order valence-corrected chi connectivity index (χ4v) is 3.82. The Morgan fingerprint density at radius 3 is 2.48 bits per heavy atom. The lowest BCUT2D eigenvalue weighted by atomic mass is 10.0. The molecule has 1 saturated heterocycles. The fourth-order valence-electron chi connectivity index (χ4n) is 3.64. The minimum absolute atomic E-state index is 0.0335. The van der Waals surface area contributed by atoms with Crippen molar-refractivity contribution in [3.8, 4) is 0 Å². The van der Waals surface area contributed by atoms with Gasteiger partial charge in [-0.15, -0.1) is 0 Å². The summed E-state index contributed by atoms with van der Waals surface area (Å²) in [4.78, 5) is 17.8. The molecule has 0 bridgehead atoms. The molecular weight excluding hydrogens is 362 g/mol. The maximum Gasteiger partial charge on any atom is 0.326 e. The number of nitrogens with zero attached hydrogens (tertiary/aromatic N) is 2. The molecule has 0 radical (unpaired) electrons. The molecule has 1 fully saturated rings. The topological polar surface area (TPSA) is 61.3 Å². The van der Waals surface area contributed by atoms with Crippen LogP contribution in [0.1, 0.15) is 31.4 Å². The molecule has 2 heterocycles. The van der Waals surface area contributed by atoms with Crippen molar-refractivity contribution in [1.29, 1.82) is 0 Å². The van der Waals surface area contributed by atoms with Crippen LogP contribution in [0.3, 0.4) is 0 Å². The molecule has 27 heavy (non-hydrogen) atoms. The summed E-state index contributed by atoms with van der Waals surface area (Å²) in [6.07, 6.45) is 1.98. The van der Waals surface area contributed by atoms with E-state index >= 15 is 0 Å². The van der Waals surface area contributed by atoms with Crippen LogP contribution in [0.4, 0.5) is 0 Å². The van der Waals surface area contributed by atoms with E-state index in [0.29, 0.717) is 5.02 Å². The SMILES string of the molecule is CCO.O=c1[nH]c2cc(Cl)ccc2n1C1CCN(Cc2ccccc2)CC1. The van der Waals surface area contributed by atoms with Gasteiger partial charge in [0.05, 0.1) is 11.0 Å². The molecule has 0 unspecified atom stereocenters. The molecule has 3 aromatic rings. The van der Waals surface area contributed by atoms with Crippen LogP contribution in [0.2, 0.25) is 5.02 Å². The number of aliphatic hydroxyl groups excluding tert-OH is 1. The van der Waals surface area contributed by atoms with Crippen molar-refractivity contribution < 1.29 is 5.11 Å². The lowest BCUT2D eigenvalue weighted by Crippen LogP contribution is -2.36. The van der Waals surface area contributed by atoms with Crippen LogP contribution in [0, 0.1) is 0 Å². The Balaban J connectivity index is 0.000000659. The molecular formula is C21H26ClN3O2. The number of halogens is 1. The summed E-state index contributed by atoms with van der Waals surface area (Å²) in [7, 11) is 0. The van der Waals surface area contributed by atoms with E-state index in [-0.39, 0.29) is 18.3 Å². The Bertz CT molecular complexity index is 912. The molecule has 1 aromatic heterocycles. The van der Waals surface area contributed by atoms with Gasteiger partial charge in [0.1, 0.15) is 0 Å². The number of benzene rings is 2. The maximum atomic E-state index is 12.4. The van der Waals surface area contributed by atoms with Gasteiger partial charge in [0, 0.05) is 37.3 Å². The molecule has 144 valence electrons. The van der Waals surface area contributed by atoms with Crippen LogP contribution in [-0.2, 0) is 6.54 Å². The molecule has 6 heteroatoms. The summed E-state index contributed by atoms with van der Waals surface area (Å²) >= 11 is 6.02. The van der Waals surface area contributed by atoms with E-state index in [1.54, 1.807) is 6.92 Å². The molecule has 0 amide bonds. The van der Waals surface area contributed by atoms with Crippen LogP contribution in [-0.4, -0.2) is 39.3 Å². The first-order chi connectivity index (χ1) is 13.1. The van der Waals surface area contributed by atoms with Gasteiger partial charge in [-0.1, -0.05) is 41.9 Å². The summed E-state index contributed by atoms with van der Waals surface area (Å²) in [5.74, 6) is 0. The van der Waals surface area contributed by atoms with Crippen LogP contribution in [0.15, 0.2) is 53.3 Å². The van der Waals surface area contributed by atoms with Gasteiger partial charge in [0.15, 0.2) is 0 Å². The van der Waals surface area contributed by atoms with E-state index in [2.05, 4.69) is 34.1 Å². The number of imidazole rings is 1. The Hall–Kier alpha value is -2.08. The van der Waals surface area contributed by atoms with Crippen molar-refractivity contribution in [3.63, 3.8) is 0 Å². The van der Waals surface area contributed by atoms with Crippen molar-refractivity contribution in [1.82, 2.24) is 14.5 Å². The van der Waals surface area contributed by atoms with Crippen molar-refractivity contribution in [3.05, 3.63) is 69.6 Å². The van der Waals surface area contributed by atoms with Gasteiger partial charge in [-0.25, -0.2) is 4.79 Å². The number of aliphatic hydroxyl groups is 1. The van der Waals surface area contributed by atoms with Crippen molar-refractivity contribution in [2.45, 2.75) is 32.4 Å². The van der Waals surface area contributed by atoms with Gasteiger partial charge in [-0.2, -0.15) is 0 Å². The maximum absolute atomic E-state index is 12.4. The molecule has 0 aliphatic carbocycles. The lowest BCUT2D eigenvalue weighted by Gasteiger charge is -2.32. The zero-order chi connectivity index (χ0) is 19.2. The summed E-state index contributed by atoms with van der Waals surface area (Å²) in [5, 5.41) is 8.22. The van der Waals surface area contributed by atoms with Gasteiger partial charge in [-0.05, 0) is 43.5 Å². The average molecular weight is 388 g/mol. The van der Waals surface area contributed by atoms with E-state index in [1.165, 1.54) is 5.56 Å². The van der Waals surface area contributed by atoms with Crippen LogP contribution in [0.25, 0.3) is 11.0 Å². The molecule has 0 saturated carbocycles. The average Bonchev–Trinajstić information content (AvgIpc) is 2.99. The van der Waals surface area contributed by atoms with Gasteiger partial charge in [0.25, 0.3) is 0 Å². The van der Waals surface area contributed by atoms with Crippen LogP contribution < -0.4 is 5.69 Å². The first-order valence-corrected chi connectivity index (χ1v) is 9.77. The third-order valence-corrected chi connectivity index (χ3v) is 5.08. The number of nitrogens with one attached hydrogen (secondary N) is 1. The van der Waals surface area contributed by atoms with Gasteiger partial charge in [-0.3, -0.25) is 9.47 Å². The molecule has 2 N–H and O–H groups in total. The number of likely N-dealkylation sites (tertiary alicyclic amines) is 1. The molecule has 0 spiro atoms. The zero-order valence-electron chi connectivity index (χ0n) is 15.6. The quantitative estimate of drug-likeness (QED) is 0.718. The highest BCUT2D eigenvalue weighted by Gasteiger charge is 2.23.